The van der Waals surface area contributed by atoms with Gasteiger partial charge in [0, 0.05) is 151 Å². The van der Waals surface area contributed by atoms with Crippen molar-refractivity contribution in [1.82, 2.24) is 64.3 Å². The van der Waals surface area contributed by atoms with Crippen molar-refractivity contribution in [2.75, 3.05) is 89.9 Å². The average Bonchev–Trinajstić information content (AvgIpc) is 1.65. The molecule has 0 fully saturated rings. The van der Waals surface area contributed by atoms with Gasteiger partial charge in [-0.05, 0) is 187 Å². The summed E-state index contributed by atoms with van der Waals surface area (Å²) in [4.78, 5) is 151. The molecular formula is C86H105Cl3MnN17O11. The summed E-state index contributed by atoms with van der Waals surface area (Å²) in [5.74, 6) is -2.77. The van der Waals surface area contributed by atoms with Crippen LogP contribution in [0.25, 0.3) is 39.0 Å². The Morgan fingerprint density at radius 2 is 0.907 bits per heavy atom. The topological polar surface area (TPSA) is 370 Å². The number of aliphatic hydroxyl groups is 2. The fourth-order valence-electron chi connectivity index (χ4n) is 10.3. The summed E-state index contributed by atoms with van der Waals surface area (Å²) >= 11 is 9.53. The van der Waals surface area contributed by atoms with Gasteiger partial charge in [-0.2, -0.15) is 0 Å². The molecule has 11 rings (SSSR count). The number of aldehydes is 2. The van der Waals surface area contributed by atoms with Gasteiger partial charge in [0.1, 0.15) is 5.92 Å². The molecule has 11 heterocycles. The van der Waals surface area contributed by atoms with E-state index >= 15 is 0 Å². The fraction of sp³-hybridized carbons (Fsp3) is 0.291. The van der Waals surface area contributed by atoms with Crippen LogP contribution < -0.4 is 43.8 Å². The van der Waals surface area contributed by atoms with E-state index in [4.69, 9.17) is 47.9 Å². The van der Waals surface area contributed by atoms with Crippen LogP contribution in [0.4, 0.5) is 0 Å². The molecule has 2 unspecified atom stereocenters. The summed E-state index contributed by atoms with van der Waals surface area (Å²) in [7, 11) is 19.3. The number of Topliss-reactive ketones (excluding diaryl/α,β-unsaturated/α-hetero) is 1. The maximum atomic E-state index is 13.2. The van der Waals surface area contributed by atoms with Gasteiger partial charge in [-0.25, -0.2) is 9.98 Å². The van der Waals surface area contributed by atoms with E-state index in [-0.39, 0.29) is 71.0 Å². The molecule has 0 saturated carbocycles. The summed E-state index contributed by atoms with van der Waals surface area (Å²) < 4.78 is 0. The van der Waals surface area contributed by atoms with Gasteiger partial charge in [0.25, 0.3) is 29.5 Å². The van der Waals surface area contributed by atoms with Crippen LogP contribution in [0, 0.1) is 0 Å². The first-order valence-electron chi connectivity index (χ1n) is 36.2. The zero-order valence-corrected chi connectivity index (χ0v) is 73.7. The summed E-state index contributed by atoms with van der Waals surface area (Å²) in [6, 6.07) is 27.2. The first-order chi connectivity index (χ1) is 54.9. The van der Waals surface area contributed by atoms with Crippen LogP contribution in [0.3, 0.4) is 0 Å². The van der Waals surface area contributed by atoms with Crippen molar-refractivity contribution in [3.05, 3.63) is 242 Å². The fourth-order valence-corrected chi connectivity index (χ4v) is 10.3. The minimum atomic E-state index is -1.71. The monoisotopic (exact) mass is 1710 g/mol. The smallest absolute Gasteiger partial charge is 1.00 e. The molecule has 0 aromatic carbocycles. The van der Waals surface area contributed by atoms with Gasteiger partial charge in [0.15, 0.2) is 24.3 Å². The third-order valence-electron chi connectivity index (χ3n) is 16.9. The minimum absolute atomic E-state index is 0. The Hall–Kier alpha value is -11.8. The zero-order chi connectivity index (χ0) is 86.8. The van der Waals surface area contributed by atoms with Gasteiger partial charge >= 0.3 is 17.1 Å². The third kappa shape index (κ3) is 30.3. The molecule has 7 aromatic rings. The first-order valence-corrected chi connectivity index (χ1v) is 37.3. The Bertz CT molecular complexity index is 5150. The van der Waals surface area contributed by atoms with Crippen molar-refractivity contribution in [1.29, 1.82) is 0 Å². The van der Waals surface area contributed by atoms with Crippen LogP contribution in [0.5, 0.6) is 0 Å². The van der Waals surface area contributed by atoms with E-state index in [0.29, 0.717) is 22.5 Å². The largest absolute Gasteiger partial charge is 3.00 e. The van der Waals surface area contributed by atoms with Crippen molar-refractivity contribution < 1.29 is 82.8 Å². The van der Waals surface area contributed by atoms with Gasteiger partial charge in [0.05, 0.1) is 61.7 Å². The number of allylic oxidation sites excluding steroid dienone is 11. The number of likely N-dealkylation sites (N-methyl/N-ethyl adjacent to an activating group) is 6. The molecule has 0 saturated heterocycles. The molecule has 7 N–H and O–H groups in total. The van der Waals surface area contributed by atoms with Crippen molar-refractivity contribution in [2.24, 2.45) is 20.0 Å². The molecule has 118 heavy (non-hydrogen) atoms. The first kappa shape index (κ1) is 102. The number of nitrogens with zero attached hydrogens (tertiary/aromatic N) is 12. The van der Waals surface area contributed by atoms with Crippen molar-refractivity contribution in [3.8, 4) is 0 Å². The van der Waals surface area contributed by atoms with E-state index < -0.39 is 35.7 Å². The van der Waals surface area contributed by atoms with Crippen LogP contribution in [-0.4, -0.2) is 244 Å². The van der Waals surface area contributed by atoms with Crippen molar-refractivity contribution in [3.63, 3.8) is 0 Å². The number of amides is 6. The Morgan fingerprint density at radius 1 is 0.449 bits per heavy atom. The quantitative estimate of drug-likeness (QED) is 0.0234. The van der Waals surface area contributed by atoms with Gasteiger partial charge < -0.3 is 86.9 Å². The molecule has 6 amide bonds. The number of halogens is 3. The molecule has 32 heteroatoms. The molecule has 0 aliphatic carbocycles. The number of ketones is 1. The van der Waals surface area contributed by atoms with Crippen LogP contribution in [0.15, 0.2) is 207 Å². The summed E-state index contributed by atoms with van der Waals surface area (Å²) in [6.07, 6.45) is 23.7. The maximum Gasteiger partial charge on any atom is 3.00 e. The van der Waals surface area contributed by atoms with Crippen molar-refractivity contribution in [2.45, 2.75) is 80.4 Å². The number of hydrogen-bond donors (Lipinski definition) is 7. The van der Waals surface area contributed by atoms with E-state index in [9.17, 15) is 48.6 Å². The normalized spacial score (nSPS) is 14.6. The molecule has 4 aliphatic heterocycles. The Balaban J connectivity index is 0.000000512. The molecule has 628 valence electrons. The number of H-pyrrole nitrogens is 5. The van der Waals surface area contributed by atoms with Gasteiger partial charge in [0.2, 0.25) is 12.2 Å². The summed E-state index contributed by atoms with van der Waals surface area (Å²) in [6.45, 7) is 17.5. The SMILES string of the molecule is CC(=C1C=CC=N1)c1ccc(C(C(=O)N(C)C)=C2C=CC(C(C)=c3ccc(=C(C)C)[n-]3)=N2)[n-]1.CC(=O)C=O.CC(C)=C1C=CC(C(C)=c2cc/c(=C(\C(=O)N(C)C)c3ccc(/C(C)=C4/C=CC=N4)[nH]3)[nH]2)=N1.CN(C)C(=O)C(O)C(O)C(=O)N(C)C.CN(C)C(=O)C(c1ccc[nH]1)c1ccc[nH]1.CN(C)C(=O)C=O.ClCCl.[Cl-].[Mn+3].c1cc[nH]c1. The maximum absolute atomic E-state index is 13.2. The number of aromatic nitrogens is 7. The van der Waals surface area contributed by atoms with Crippen molar-refractivity contribution >= 4 is 140 Å². The van der Waals surface area contributed by atoms with E-state index in [1.165, 1.54) is 65.3 Å². The van der Waals surface area contributed by atoms with Crippen LogP contribution >= 0.6 is 23.2 Å². The van der Waals surface area contributed by atoms with Crippen LogP contribution in [-0.2, 0) is 60.2 Å². The third-order valence-corrected chi connectivity index (χ3v) is 16.9. The second-order valence-electron chi connectivity index (χ2n) is 27.5. The molecule has 4 aliphatic rings. The molecule has 0 spiro atoms. The number of nitrogens with one attached hydrogen (secondary N) is 5. The summed E-state index contributed by atoms with van der Waals surface area (Å²) in [5.41, 5.74) is 17.4. The molecule has 0 radical (unpaired) electrons. The van der Waals surface area contributed by atoms with E-state index in [2.05, 4.69) is 48.8 Å². The Kier molecular flexibility index (Phi) is 43.9. The number of aromatic amines is 5. The Labute approximate surface area is 715 Å². The molecular weight excluding hydrogens is 1610 g/mol. The molecule has 7 aromatic heterocycles. The molecule has 2 atom stereocenters. The average molecular weight is 1710 g/mol. The number of alkyl halides is 2. The van der Waals surface area contributed by atoms with E-state index in [0.717, 1.165) is 110 Å². The minimum Gasteiger partial charge on any atom is -1.00 e. The predicted molar refractivity (Wildman–Crippen MR) is 462 cm³/mol. The van der Waals surface area contributed by atoms with Crippen LogP contribution in [0.2, 0.25) is 0 Å². The van der Waals surface area contributed by atoms with Gasteiger partial charge in [-0.3, -0.25) is 53.1 Å². The number of carbonyl (C=O) groups is 9. The predicted octanol–water partition coefficient (Wildman–Crippen LogP) is 4.25. The van der Waals surface area contributed by atoms with Gasteiger partial charge in [-0.15, -0.1) is 45.3 Å². The van der Waals surface area contributed by atoms with Gasteiger partial charge in [-0.1, -0.05) is 35.4 Å². The molecule has 0 bridgehead atoms. The number of aliphatic imine (C=N–C) groups is 4. The van der Waals surface area contributed by atoms with E-state index in [1.807, 2.05) is 200 Å². The number of hydrogen-bond acceptors (Lipinski definition) is 15. The zero-order valence-electron chi connectivity index (χ0n) is 70.2. The Morgan fingerprint density at radius 3 is 1.31 bits per heavy atom. The second kappa shape index (κ2) is 50.6. The summed E-state index contributed by atoms with van der Waals surface area (Å²) in [5, 5.41) is 22.3. The number of carbonyl (C=O) groups excluding carboxylic acids is 9. The number of aliphatic hydroxyl groups excluding tert-OH is 2. The van der Waals surface area contributed by atoms with Crippen LogP contribution in [0.1, 0.15) is 102 Å². The standard InChI is InChI=1S/C27H29N5O.C27H28N5O.C12H15N3O.C8H16N2O4.C4H7NO2.C4H5N.C3H4O2.CH2Cl2.ClH.Mn/c2*1-16(2)19-9-10-22(29-19)18(4)23-12-14-25(31-23)26(27(33)32(5)6)24-13-11-21(30-24)17(3)20-8-7-15-28-20;1-15(2)12(16)11(9-5-3-7-13-9)10-6-4-8-14-10;1-9(2)7(13)5(11)6(12)8(14)10(3)4;1-5(2)4(7)3-6;1-2-4-5-3-1;1-3(5)2-4;2-1-3;;/h7-15,30-31H,1-6H3;7-15H,1-6H3,(H-,28,29,30,31,33);3-8,11,13-14H,1-2H3;5-6,11-12H,1-4H3;3H,1-2H3;1-5H;2H,1H3;1H2;1H;/q;-1;;;;;;;;+3/p-2/b20-17-,23-18?,26-25+;;;;;;;;;. The molecule has 28 nitrogen and oxygen atoms in total. The number of rotatable bonds is 16. The van der Waals surface area contributed by atoms with E-state index in [1.54, 1.807) is 69.4 Å². The second-order valence-corrected chi connectivity index (χ2v) is 28.3.